The molecule has 1 aromatic rings. The molecule has 4 N–H and O–H groups in total. The van der Waals surface area contributed by atoms with Crippen LogP contribution >= 0.6 is 0 Å². The lowest BCUT2D eigenvalue weighted by Gasteiger charge is -2.31. The molecule has 0 unspecified atom stereocenters. The molecule has 8 nitrogen and oxygen atoms in total. The van der Waals surface area contributed by atoms with E-state index < -0.39 is 0 Å². The summed E-state index contributed by atoms with van der Waals surface area (Å²) in [7, 11) is 1.51. The number of hydrazine groups is 1. The highest BCUT2D eigenvalue weighted by atomic mass is 16.5. The molecule has 1 saturated heterocycles. The Morgan fingerprint density at radius 2 is 1.95 bits per heavy atom. The van der Waals surface area contributed by atoms with Gasteiger partial charge in [0.25, 0.3) is 0 Å². The highest BCUT2D eigenvalue weighted by Crippen LogP contribution is 2.18. The number of nitrogens with zero attached hydrogens (tertiary/aromatic N) is 4. The number of ether oxygens (including phenoxy) is 1. The van der Waals surface area contributed by atoms with Crippen LogP contribution in [0.2, 0.25) is 0 Å². The van der Waals surface area contributed by atoms with E-state index in [4.69, 9.17) is 10.6 Å². The Bertz CT molecular complexity index is 398. The monoisotopic (exact) mass is 281 g/mol. The quantitative estimate of drug-likeness (QED) is 0.506. The van der Waals surface area contributed by atoms with Crippen molar-refractivity contribution in [2.75, 3.05) is 44.0 Å². The standard InChI is InChI=1S/C12H23N7O/c1-3-19-6-4-9(5-7-19)8-14-10-15-11(18-13)17-12(16-10)20-2/h9H,3-8,13H2,1-2H3,(H2,14,15,16,17,18). The highest BCUT2D eigenvalue weighted by Gasteiger charge is 2.18. The maximum atomic E-state index is 5.32. The second-order valence-electron chi connectivity index (χ2n) is 4.87. The number of nitrogens with one attached hydrogen (secondary N) is 2. The largest absolute Gasteiger partial charge is 0.467 e. The van der Waals surface area contributed by atoms with E-state index >= 15 is 0 Å². The number of likely N-dealkylation sites (tertiary alicyclic amines) is 1. The van der Waals surface area contributed by atoms with Crippen LogP contribution in [0.1, 0.15) is 19.8 Å². The topological polar surface area (TPSA) is 101 Å². The van der Waals surface area contributed by atoms with Crippen LogP contribution in [-0.2, 0) is 0 Å². The van der Waals surface area contributed by atoms with E-state index in [2.05, 4.69) is 37.5 Å². The molecular formula is C12H23N7O. The van der Waals surface area contributed by atoms with Gasteiger partial charge in [0.15, 0.2) is 0 Å². The highest BCUT2D eigenvalue weighted by molar-refractivity contribution is 5.34. The van der Waals surface area contributed by atoms with Crippen molar-refractivity contribution in [3.63, 3.8) is 0 Å². The Balaban J connectivity index is 1.87. The minimum Gasteiger partial charge on any atom is -0.467 e. The number of anilines is 2. The second-order valence-corrected chi connectivity index (χ2v) is 4.87. The predicted octanol–water partition coefficient (Wildman–Crippen LogP) is 0.310. The smallest absolute Gasteiger partial charge is 0.322 e. The molecule has 8 heteroatoms. The molecular weight excluding hydrogens is 258 g/mol. The van der Waals surface area contributed by atoms with Crippen LogP contribution in [0.5, 0.6) is 6.01 Å². The van der Waals surface area contributed by atoms with E-state index in [1.165, 1.54) is 33.0 Å². The number of aromatic nitrogens is 3. The number of hydrogen-bond donors (Lipinski definition) is 3. The molecule has 20 heavy (non-hydrogen) atoms. The molecule has 0 saturated carbocycles. The molecule has 0 aromatic carbocycles. The number of nitrogens with two attached hydrogens (primary N) is 1. The Labute approximate surface area is 119 Å². The van der Waals surface area contributed by atoms with Gasteiger partial charge in [-0.1, -0.05) is 6.92 Å². The Morgan fingerprint density at radius 1 is 1.25 bits per heavy atom. The van der Waals surface area contributed by atoms with Gasteiger partial charge in [0, 0.05) is 6.54 Å². The first-order valence-electron chi connectivity index (χ1n) is 6.98. The SMILES string of the molecule is CCN1CCC(CNc2nc(NN)nc(OC)n2)CC1. The zero-order chi connectivity index (χ0) is 14.4. The summed E-state index contributed by atoms with van der Waals surface area (Å²) < 4.78 is 5.01. The average Bonchev–Trinajstić information content (AvgIpc) is 2.53. The summed E-state index contributed by atoms with van der Waals surface area (Å²) in [5.41, 5.74) is 2.40. The molecule has 1 fully saturated rings. The van der Waals surface area contributed by atoms with Gasteiger partial charge in [-0.05, 0) is 38.4 Å². The van der Waals surface area contributed by atoms with Gasteiger partial charge in [0.2, 0.25) is 11.9 Å². The summed E-state index contributed by atoms with van der Waals surface area (Å²) in [6.45, 7) is 6.53. The summed E-state index contributed by atoms with van der Waals surface area (Å²) in [6.07, 6.45) is 2.40. The summed E-state index contributed by atoms with van der Waals surface area (Å²) in [6, 6.07) is 0.247. The summed E-state index contributed by atoms with van der Waals surface area (Å²) in [5.74, 6) is 6.75. The van der Waals surface area contributed by atoms with Gasteiger partial charge < -0.3 is 15.0 Å². The second kappa shape index (κ2) is 7.20. The van der Waals surface area contributed by atoms with Crippen LogP contribution in [0, 0.1) is 5.92 Å². The van der Waals surface area contributed by atoms with E-state index in [0.717, 1.165) is 13.1 Å². The maximum Gasteiger partial charge on any atom is 0.322 e. The Hall–Kier alpha value is -1.67. The first-order valence-corrected chi connectivity index (χ1v) is 6.98. The molecule has 0 bridgehead atoms. The molecule has 1 aromatic heterocycles. The molecule has 0 spiro atoms. The van der Waals surface area contributed by atoms with Crippen LogP contribution in [0.15, 0.2) is 0 Å². The van der Waals surface area contributed by atoms with Gasteiger partial charge in [-0.3, -0.25) is 5.43 Å². The first kappa shape index (κ1) is 14.7. The van der Waals surface area contributed by atoms with Crippen LogP contribution in [-0.4, -0.2) is 53.1 Å². The molecule has 0 aliphatic carbocycles. The number of rotatable bonds is 6. The molecule has 2 rings (SSSR count). The van der Waals surface area contributed by atoms with Crippen LogP contribution in [0.3, 0.4) is 0 Å². The minimum atomic E-state index is 0.247. The molecule has 1 aliphatic heterocycles. The van der Waals surface area contributed by atoms with Gasteiger partial charge in [-0.2, -0.15) is 15.0 Å². The van der Waals surface area contributed by atoms with Crippen molar-refractivity contribution < 1.29 is 4.74 Å². The third-order valence-corrected chi connectivity index (χ3v) is 3.63. The van der Waals surface area contributed by atoms with E-state index in [0.29, 0.717) is 17.8 Å². The van der Waals surface area contributed by atoms with Crippen molar-refractivity contribution in [2.45, 2.75) is 19.8 Å². The molecule has 0 amide bonds. The lowest BCUT2D eigenvalue weighted by molar-refractivity contribution is 0.198. The van der Waals surface area contributed by atoms with E-state index in [-0.39, 0.29) is 6.01 Å². The summed E-state index contributed by atoms with van der Waals surface area (Å²) in [4.78, 5) is 14.7. The zero-order valence-corrected chi connectivity index (χ0v) is 12.1. The van der Waals surface area contributed by atoms with Crippen LogP contribution in [0.4, 0.5) is 11.9 Å². The van der Waals surface area contributed by atoms with Crippen molar-refractivity contribution in [2.24, 2.45) is 11.8 Å². The zero-order valence-electron chi connectivity index (χ0n) is 12.1. The lowest BCUT2D eigenvalue weighted by atomic mass is 9.97. The van der Waals surface area contributed by atoms with Gasteiger partial charge in [0.05, 0.1) is 7.11 Å². The number of hydrogen-bond acceptors (Lipinski definition) is 8. The molecule has 0 radical (unpaired) electrons. The van der Waals surface area contributed by atoms with E-state index in [1.807, 2.05) is 0 Å². The maximum absolute atomic E-state index is 5.32. The summed E-state index contributed by atoms with van der Waals surface area (Å²) >= 11 is 0. The van der Waals surface area contributed by atoms with Gasteiger partial charge in [0.1, 0.15) is 0 Å². The number of piperidine rings is 1. The van der Waals surface area contributed by atoms with Gasteiger partial charge >= 0.3 is 6.01 Å². The fraction of sp³-hybridized carbons (Fsp3) is 0.750. The van der Waals surface area contributed by atoms with Crippen molar-refractivity contribution in [3.8, 4) is 6.01 Å². The third kappa shape index (κ3) is 3.91. The van der Waals surface area contributed by atoms with Crippen LogP contribution < -0.4 is 21.3 Å². The summed E-state index contributed by atoms with van der Waals surface area (Å²) in [5, 5.41) is 3.24. The fourth-order valence-electron chi connectivity index (χ4n) is 2.33. The van der Waals surface area contributed by atoms with Crippen molar-refractivity contribution in [1.29, 1.82) is 0 Å². The third-order valence-electron chi connectivity index (χ3n) is 3.63. The van der Waals surface area contributed by atoms with Gasteiger partial charge in [-0.25, -0.2) is 5.84 Å². The molecule has 1 aliphatic rings. The van der Waals surface area contributed by atoms with Gasteiger partial charge in [-0.15, -0.1) is 0 Å². The number of methoxy groups -OCH3 is 1. The number of nitrogen functional groups attached to an aromatic ring is 1. The van der Waals surface area contributed by atoms with Crippen molar-refractivity contribution >= 4 is 11.9 Å². The predicted molar refractivity (Wildman–Crippen MR) is 77.5 cm³/mol. The molecule has 112 valence electrons. The molecule has 2 heterocycles. The minimum absolute atomic E-state index is 0.247. The van der Waals surface area contributed by atoms with E-state index in [1.54, 1.807) is 0 Å². The average molecular weight is 281 g/mol. The van der Waals surface area contributed by atoms with E-state index in [9.17, 15) is 0 Å². The lowest BCUT2D eigenvalue weighted by Crippen LogP contribution is -2.35. The Morgan fingerprint density at radius 3 is 2.55 bits per heavy atom. The first-order chi connectivity index (χ1) is 9.75. The van der Waals surface area contributed by atoms with Crippen molar-refractivity contribution in [1.82, 2.24) is 19.9 Å². The molecule has 0 atom stereocenters. The normalized spacial score (nSPS) is 16.9. The van der Waals surface area contributed by atoms with Crippen LogP contribution in [0.25, 0.3) is 0 Å². The Kier molecular flexibility index (Phi) is 5.31. The fourth-order valence-corrected chi connectivity index (χ4v) is 2.33. The van der Waals surface area contributed by atoms with Crippen molar-refractivity contribution in [3.05, 3.63) is 0 Å².